The molecule has 0 aliphatic carbocycles. The lowest BCUT2D eigenvalue weighted by molar-refractivity contribution is 0.600. The number of anilines is 3. The van der Waals surface area contributed by atoms with Crippen LogP contribution >= 0.6 is 12.2 Å². The first-order chi connectivity index (χ1) is 13.3. The number of sulfonamides is 1. The minimum Gasteiger partial charge on any atom is -0.332 e. The van der Waals surface area contributed by atoms with Crippen molar-refractivity contribution in [3.8, 4) is 0 Å². The first kappa shape index (κ1) is 19.9. The molecule has 7 heteroatoms. The van der Waals surface area contributed by atoms with Crippen LogP contribution in [0.5, 0.6) is 0 Å². The van der Waals surface area contributed by atoms with Crippen LogP contribution in [0.15, 0.2) is 77.7 Å². The summed E-state index contributed by atoms with van der Waals surface area (Å²) < 4.78 is 28.2. The normalized spacial score (nSPS) is 10.9. The molecular weight excluding hydrogens is 390 g/mol. The number of aryl methyl sites for hydroxylation is 2. The van der Waals surface area contributed by atoms with Crippen molar-refractivity contribution in [3.63, 3.8) is 0 Å². The number of hydrogen-bond donors (Lipinski definition) is 3. The minimum absolute atomic E-state index is 0.194. The van der Waals surface area contributed by atoms with E-state index in [9.17, 15) is 8.42 Å². The summed E-state index contributed by atoms with van der Waals surface area (Å²) in [5.74, 6) is 0. The molecule has 0 spiro atoms. The zero-order valence-electron chi connectivity index (χ0n) is 15.6. The van der Waals surface area contributed by atoms with Crippen LogP contribution < -0.4 is 15.4 Å². The topological polar surface area (TPSA) is 70.2 Å². The maximum absolute atomic E-state index is 12.8. The van der Waals surface area contributed by atoms with E-state index in [0.29, 0.717) is 22.1 Å². The van der Waals surface area contributed by atoms with E-state index in [-0.39, 0.29) is 4.90 Å². The van der Waals surface area contributed by atoms with Gasteiger partial charge in [-0.3, -0.25) is 4.72 Å². The van der Waals surface area contributed by atoms with Gasteiger partial charge in [0.05, 0.1) is 4.90 Å². The van der Waals surface area contributed by atoms with Crippen molar-refractivity contribution >= 4 is 44.4 Å². The zero-order valence-corrected chi connectivity index (χ0v) is 17.2. The molecule has 0 saturated carbocycles. The van der Waals surface area contributed by atoms with Crippen LogP contribution in [0.25, 0.3) is 0 Å². The van der Waals surface area contributed by atoms with Crippen molar-refractivity contribution in [3.05, 3.63) is 83.9 Å². The summed E-state index contributed by atoms with van der Waals surface area (Å²) in [6.07, 6.45) is 0. The Morgan fingerprint density at radius 2 is 1.43 bits per heavy atom. The van der Waals surface area contributed by atoms with Crippen molar-refractivity contribution in [1.29, 1.82) is 0 Å². The van der Waals surface area contributed by atoms with Gasteiger partial charge in [-0.1, -0.05) is 36.4 Å². The van der Waals surface area contributed by atoms with Gasteiger partial charge in [0.1, 0.15) is 0 Å². The summed E-state index contributed by atoms with van der Waals surface area (Å²) >= 11 is 5.35. The standard InChI is InChI=1S/C21H21N3O2S2/c1-15-7-6-10-18(13-15)22-21(27)23-19-12-11-16(2)20(14-19)28(25,26)24-17-8-4-3-5-9-17/h3-14,24H,1-2H3,(H2,22,23,27). The van der Waals surface area contributed by atoms with E-state index in [1.165, 1.54) is 0 Å². The third-order valence-electron chi connectivity index (χ3n) is 4.04. The van der Waals surface area contributed by atoms with E-state index in [1.54, 1.807) is 49.4 Å². The Hall–Kier alpha value is -2.90. The summed E-state index contributed by atoms with van der Waals surface area (Å²) in [6, 6.07) is 21.7. The molecule has 0 atom stereocenters. The molecule has 0 unspecified atom stereocenters. The number of thiocarbonyl (C=S) groups is 1. The maximum atomic E-state index is 12.8. The Kier molecular flexibility index (Phi) is 5.96. The van der Waals surface area contributed by atoms with Gasteiger partial charge in [0.2, 0.25) is 0 Å². The van der Waals surface area contributed by atoms with Crippen LogP contribution in [0.3, 0.4) is 0 Å². The van der Waals surface area contributed by atoms with Gasteiger partial charge in [-0.2, -0.15) is 0 Å². The fraction of sp³-hybridized carbons (Fsp3) is 0.0952. The second kappa shape index (κ2) is 8.41. The predicted octanol–water partition coefficient (Wildman–Crippen LogP) is 4.91. The van der Waals surface area contributed by atoms with Crippen LogP contribution in [0.2, 0.25) is 0 Å². The molecule has 5 nitrogen and oxygen atoms in total. The molecule has 0 heterocycles. The third-order valence-corrected chi connectivity index (χ3v) is 5.76. The molecular formula is C21H21N3O2S2. The second-order valence-electron chi connectivity index (χ2n) is 6.40. The molecule has 0 amide bonds. The van der Waals surface area contributed by atoms with E-state index in [4.69, 9.17) is 12.2 Å². The lowest BCUT2D eigenvalue weighted by Crippen LogP contribution is -2.20. The fourth-order valence-electron chi connectivity index (χ4n) is 2.70. The number of benzene rings is 3. The van der Waals surface area contributed by atoms with Crippen LogP contribution in [-0.4, -0.2) is 13.5 Å². The van der Waals surface area contributed by atoms with E-state index in [0.717, 1.165) is 11.3 Å². The van der Waals surface area contributed by atoms with Gasteiger partial charge in [0.25, 0.3) is 10.0 Å². The molecule has 0 fully saturated rings. The Morgan fingerprint density at radius 1 is 0.786 bits per heavy atom. The van der Waals surface area contributed by atoms with E-state index in [1.807, 2.05) is 37.3 Å². The predicted molar refractivity (Wildman–Crippen MR) is 119 cm³/mol. The Bertz CT molecular complexity index is 1100. The van der Waals surface area contributed by atoms with Crippen molar-refractivity contribution in [2.45, 2.75) is 18.7 Å². The molecule has 0 radical (unpaired) electrons. The molecule has 0 bridgehead atoms. The molecule has 3 aromatic rings. The summed E-state index contributed by atoms with van der Waals surface area (Å²) in [5, 5.41) is 6.52. The van der Waals surface area contributed by atoms with Crippen molar-refractivity contribution < 1.29 is 8.42 Å². The summed E-state index contributed by atoms with van der Waals surface area (Å²) in [7, 11) is -3.72. The summed E-state index contributed by atoms with van der Waals surface area (Å²) in [4.78, 5) is 0.194. The first-order valence-electron chi connectivity index (χ1n) is 8.67. The van der Waals surface area contributed by atoms with Gasteiger partial charge in [-0.15, -0.1) is 0 Å². The highest BCUT2D eigenvalue weighted by Crippen LogP contribution is 2.23. The van der Waals surface area contributed by atoms with Gasteiger partial charge < -0.3 is 10.6 Å². The molecule has 0 aromatic heterocycles. The largest absolute Gasteiger partial charge is 0.332 e. The third kappa shape index (κ3) is 5.09. The van der Waals surface area contributed by atoms with Gasteiger partial charge in [-0.05, 0) is 73.6 Å². The molecule has 0 saturated heterocycles. The molecule has 3 N–H and O–H groups in total. The van der Waals surface area contributed by atoms with Crippen molar-refractivity contribution in [1.82, 2.24) is 0 Å². The summed E-state index contributed by atoms with van der Waals surface area (Å²) in [6.45, 7) is 3.76. The van der Waals surface area contributed by atoms with Crippen LogP contribution in [-0.2, 0) is 10.0 Å². The SMILES string of the molecule is Cc1cccc(NC(=S)Nc2ccc(C)c(S(=O)(=O)Nc3ccccc3)c2)c1. The van der Waals surface area contributed by atoms with Gasteiger partial charge in [-0.25, -0.2) is 8.42 Å². The zero-order chi connectivity index (χ0) is 20.1. The van der Waals surface area contributed by atoms with Crippen LogP contribution in [0.1, 0.15) is 11.1 Å². The average molecular weight is 412 g/mol. The molecule has 28 heavy (non-hydrogen) atoms. The molecule has 0 aliphatic rings. The Labute approximate surface area is 170 Å². The first-order valence-corrected chi connectivity index (χ1v) is 10.6. The number of nitrogens with one attached hydrogen (secondary N) is 3. The number of rotatable bonds is 5. The van der Waals surface area contributed by atoms with Gasteiger partial charge in [0, 0.05) is 17.1 Å². The fourth-order valence-corrected chi connectivity index (χ4v) is 4.27. The highest BCUT2D eigenvalue weighted by Gasteiger charge is 2.18. The maximum Gasteiger partial charge on any atom is 0.262 e. The smallest absolute Gasteiger partial charge is 0.262 e. The van der Waals surface area contributed by atoms with Gasteiger partial charge >= 0.3 is 0 Å². The monoisotopic (exact) mass is 411 g/mol. The molecule has 3 rings (SSSR count). The Balaban J connectivity index is 1.78. The van der Waals surface area contributed by atoms with E-state index in [2.05, 4.69) is 15.4 Å². The van der Waals surface area contributed by atoms with Crippen molar-refractivity contribution in [2.75, 3.05) is 15.4 Å². The minimum atomic E-state index is -3.72. The lowest BCUT2D eigenvalue weighted by atomic mass is 10.2. The molecule has 144 valence electrons. The van der Waals surface area contributed by atoms with Gasteiger partial charge in [0.15, 0.2) is 5.11 Å². The van der Waals surface area contributed by atoms with E-state index >= 15 is 0 Å². The highest BCUT2D eigenvalue weighted by molar-refractivity contribution is 7.92. The van der Waals surface area contributed by atoms with Crippen molar-refractivity contribution in [2.24, 2.45) is 0 Å². The number of hydrogen-bond acceptors (Lipinski definition) is 3. The van der Waals surface area contributed by atoms with Crippen LogP contribution in [0, 0.1) is 13.8 Å². The lowest BCUT2D eigenvalue weighted by Gasteiger charge is -2.14. The second-order valence-corrected chi connectivity index (χ2v) is 8.46. The number of para-hydroxylation sites is 1. The highest BCUT2D eigenvalue weighted by atomic mass is 32.2. The molecule has 0 aliphatic heterocycles. The Morgan fingerprint density at radius 3 is 2.11 bits per heavy atom. The average Bonchev–Trinajstić information content (AvgIpc) is 2.63. The quantitative estimate of drug-likeness (QED) is 0.520. The van der Waals surface area contributed by atoms with Crippen LogP contribution in [0.4, 0.5) is 17.1 Å². The van der Waals surface area contributed by atoms with E-state index < -0.39 is 10.0 Å². The summed E-state index contributed by atoms with van der Waals surface area (Å²) in [5.41, 5.74) is 3.72. The molecule has 3 aromatic carbocycles.